The smallest absolute Gasteiger partial charge is 0.0789 e. The Hall–Kier alpha value is -0.140. The van der Waals surface area contributed by atoms with Gasteiger partial charge in [0.05, 0.1) is 11.8 Å². The monoisotopic (exact) mass is 392 g/mol. The molecule has 19 heavy (non-hydrogen) atoms. The fourth-order valence-electron chi connectivity index (χ4n) is 2.43. The molecule has 0 unspecified atom stereocenters. The van der Waals surface area contributed by atoms with Crippen LogP contribution in [0.25, 0.3) is 0 Å². The van der Waals surface area contributed by atoms with Gasteiger partial charge in [-0.15, -0.1) is 0 Å². The van der Waals surface area contributed by atoms with Crippen LogP contribution in [0.1, 0.15) is 31.2 Å². The Bertz CT molecular complexity index is 435. The van der Waals surface area contributed by atoms with Gasteiger partial charge >= 0.3 is 0 Å². The van der Waals surface area contributed by atoms with E-state index in [4.69, 9.17) is 0 Å². The Morgan fingerprint density at radius 1 is 1.16 bits per heavy atom. The van der Waals surface area contributed by atoms with Crippen molar-refractivity contribution >= 4 is 37.5 Å². The third kappa shape index (κ3) is 4.16. The molecule has 0 radical (unpaired) electrons. The molecular formula is C13H18Br2N2O2. The van der Waals surface area contributed by atoms with E-state index in [9.17, 15) is 10.3 Å². The summed E-state index contributed by atoms with van der Waals surface area (Å²) < 4.78 is 1.79. The van der Waals surface area contributed by atoms with Crippen LogP contribution in [0.3, 0.4) is 0 Å². The van der Waals surface area contributed by atoms with Gasteiger partial charge in [-0.2, -0.15) is 0 Å². The summed E-state index contributed by atoms with van der Waals surface area (Å²) in [6, 6.07) is 4.31. The van der Waals surface area contributed by atoms with E-state index < -0.39 is 0 Å². The number of halogens is 2. The van der Waals surface area contributed by atoms with Crippen LogP contribution in [0.4, 0.5) is 5.69 Å². The van der Waals surface area contributed by atoms with Crippen LogP contribution in [0.2, 0.25) is 0 Å². The van der Waals surface area contributed by atoms with Crippen molar-refractivity contribution in [2.75, 3.05) is 5.48 Å². The predicted molar refractivity (Wildman–Crippen MR) is 82.4 cm³/mol. The van der Waals surface area contributed by atoms with Gasteiger partial charge in [0.2, 0.25) is 0 Å². The minimum Gasteiger partial charge on any atom is -0.393 e. The molecule has 0 spiro atoms. The maximum absolute atomic E-state index is 9.48. The zero-order chi connectivity index (χ0) is 13.8. The van der Waals surface area contributed by atoms with Crippen molar-refractivity contribution in [3.8, 4) is 0 Å². The fraction of sp³-hybridized carbons (Fsp3) is 0.538. The Morgan fingerprint density at radius 3 is 2.47 bits per heavy atom. The van der Waals surface area contributed by atoms with Crippen LogP contribution in [-0.4, -0.2) is 22.5 Å². The SMILES string of the molecule is ONc1c(Br)cc(Br)cc1CNC1CCC(O)CC1. The summed E-state index contributed by atoms with van der Waals surface area (Å²) in [5, 5.41) is 22.2. The van der Waals surface area contributed by atoms with E-state index in [2.05, 4.69) is 42.7 Å². The number of aliphatic hydroxyl groups excluding tert-OH is 1. The minimum atomic E-state index is -0.132. The quantitative estimate of drug-likeness (QED) is 0.592. The number of nitrogens with one attached hydrogen (secondary N) is 2. The van der Waals surface area contributed by atoms with Gasteiger partial charge in [0.15, 0.2) is 0 Å². The molecule has 4 N–H and O–H groups in total. The number of aliphatic hydroxyl groups is 1. The third-order valence-corrected chi connectivity index (χ3v) is 4.61. The van der Waals surface area contributed by atoms with Crippen LogP contribution >= 0.6 is 31.9 Å². The zero-order valence-corrected chi connectivity index (χ0v) is 13.7. The molecule has 0 heterocycles. The van der Waals surface area contributed by atoms with Crippen molar-refractivity contribution in [2.24, 2.45) is 0 Å². The average Bonchev–Trinajstić information content (AvgIpc) is 2.37. The highest BCUT2D eigenvalue weighted by Gasteiger charge is 2.19. The Labute approximate surface area is 129 Å². The van der Waals surface area contributed by atoms with E-state index in [0.29, 0.717) is 18.3 Å². The first-order valence-electron chi connectivity index (χ1n) is 6.39. The van der Waals surface area contributed by atoms with E-state index in [-0.39, 0.29) is 6.10 Å². The molecule has 1 aromatic rings. The summed E-state index contributed by atoms with van der Waals surface area (Å²) in [7, 11) is 0. The van der Waals surface area contributed by atoms with Crippen LogP contribution in [0.5, 0.6) is 0 Å². The normalized spacial score (nSPS) is 23.4. The summed E-state index contributed by atoms with van der Waals surface area (Å²) >= 11 is 6.87. The summed E-state index contributed by atoms with van der Waals surface area (Å²) in [5.41, 5.74) is 3.92. The van der Waals surface area contributed by atoms with Crippen LogP contribution in [0, 0.1) is 0 Å². The van der Waals surface area contributed by atoms with Gasteiger partial charge in [-0.25, -0.2) is 0 Å². The lowest BCUT2D eigenvalue weighted by Gasteiger charge is -2.26. The number of benzene rings is 1. The Morgan fingerprint density at radius 2 is 1.84 bits per heavy atom. The second-order valence-corrected chi connectivity index (χ2v) is 6.69. The first-order valence-corrected chi connectivity index (χ1v) is 7.98. The summed E-state index contributed by atoms with van der Waals surface area (Å²) in [5.74, 6) is 0. The second kappa shape index (κ2) is 7.04. The lowest BCUT2D eigenvalue weighted by atomic mass is 9.93. The fourth-order valence-corrected chi connectivity index (χ4v) is 3.83. The number of hydrogen-bond donors (Lipinski definition) is 4. The molecule has 1 saturated carbocycles. The van der Waals surface area contributed by atoms with Gasteiger partial charge in [-0.1, -0.05) is 15.9 Å². The second-order valence-electron chi connectivity index (χ2n) is 4.92. The molecule has 0 amide bonds. The highest BCUT2D eigenvalue weighted by Crippen LogP contribution is 2.30. The zero-order valence-electron chi connectivity index (χ0n) is 10.5. The van der Waals surface area contributed by atoms with Crippen molar-refractivity contribution < 1.29 is 10.3 Å². The van der Waals surface area contributed by atoms with Gasteiger partial charge in [-0.05, 0) is 59.3 Å². The van der Waals surface area contributed by atoms with Crippen molar-refractivity contribution in [3.05, 3.63) is 26.6 Å². The maximum atomic E-state index is 9.48. The molecule has 0 aromatic heterocycles. The van der Waals surface area contributed by atoms with Crippen LogP contribution < -0.4 is 10.8 Å². The van der Waals surface area contributed by atoms with Gasteiger partial charge in [-0.3, -0.25) is 10.7 Å². The summed E-state index contributed by atoms with van der Waals surface area (Å²) in [4.78, 5) is 0. The highest BCUT2D eigenvalue weighted by atomic mass is 79.9. The van der Waals surface area contributed by atoms with E-state index in [0.717, 1.165) is 40.2 Å². The molecular weight excluding hydrogens is 376 g/mol. The molecule has 1 aliphatic rings. The van der Waals surface area contributed by atoms with Crippen molar-refractivity contribution in [1.82, 2.24) is 5.32 Å². The van der Waals surface area contributed by atoms with E-state index in [1.165, 1.54) is 0 Å². The standard InChI is InChI=1S/C13H18Br2N2O2/c14-9-5-8(13(17-19)12(15)6-9)7-16-10-1-3-11(18)4-2-10/h5-6,10-11,16-19H,1-4,7H2. The molecule has 0 bridgehead atoms. The summed E-state index contributed by atoms with van der Waals surface area (Å²) in [6.07, 6.45) is 3.60. The molecule has 2 rings (SSSR count). The predicted octanol–water partition coefficient (Wildman–Crippen LogP) is 3.41. The molecule has 6 heteroatoms. The molecule has 1 aliphatic carbocycles. The van der Waals surface area contributed by atoms with Crippen LogP contribution in [-0.2, 0) is 6.54 Å². The minimum absolute atomic E-state index is 0.132. The molecule has 106 valence electrons. The number of rotatable bonds is 4. The van der Waals surface area contributed by atoms with E-state index in [1.54, 1.807) is 0 Å². The van der Waals surface area contributed by atoms with Crippen LogP contribution in [0.15, 0.2) is 21.1 Å². The van der Waals surface area contributed by atoms with Gasteiger partial charge in [0.1, 0.15) is 0 Å². The maximum Gasteiger partial charge on any atom is 0.0789 e. The first kappa shape index (κ1) is 15.3. The molecule has 0 saturated heterocycles. The lowest BCUT2D eigenvalue weighted by Crippen LogP contribution is -2.34. The van der Waals surface area contributed by atoms with Crippen molar-refractivity contribution in [1.29, 1.82) is 0 Å². The average molecular weight is 394 g/mol. The Kier molecular flexibility index (Phi) is 5.65. The van der Waals surface area contributed by atoms with Gasteiger partial charge in [0.25, 0.3) is 0 Å². The topological polar surface area (TPSA) is 64.5 Å². The van der Waals surface area contributed by atoms with Crippen molar-refractivity contribution in [2.45, 2.75) is 44.4 Å². The molecule has 1 aromatic carbocycles. The largest absolute Gasteiger partial charge is 0.393 e. The van der Waals surface area contributed by atoms with Gasteiger partial charge < -0.3 is 10.4 Å². The molecule has 0 atom stereocenters. The van der Waals surface area contributed by atoms with Crippen molar-refractivity contribution in [3.63, 3.8) is 0 Å². The third-order valence-electron chi connectivity index (χ3n) is 3.53. The molecule has 4 nitrogen and oxygen atoms in total. The first-order chi connectivity index (χ1) is 9.10. The van der Waals surface area contributed by atoms with E-state index in [1.807, 2.05) is 12.1 Å². The Balaban J connectivity index is 1.99. The molecule has 1 fully saturated rings. The van der Waals surface area contributed by atoms with E-state index >= 15 is 0 Å². The lowest BCUT2D eigenvalue weighted by molar-refractivity contribution is 0.116. The molecule has 0 aliphatic heterocycles. The number of hydrogen-bond acceptors (Lipinski definition) is 4. The number of anilines is 1. The highest BCUT2D eigenvalue weighted by molar-refractivity contribution is 9.11. The van der Waals surface area contributed by atoms with Gasteiger partial charge in [0, 0.05) is 21.5 Å². The summed E-state index contributed by atoms with van der Waals surface area (Å²) in [6.45, 7) is 0.682.